The maximum atomic E-state index is 10.6. The predicted octanol–water partition coefficient (Wildman–Crippen LogP) is 1.56. The molecule has 2 heteroatoms. The van der Waals surface area contributed by atoms with Gasteiger partial charge in [0.1, 0.15) is 0 Å². The van der Waals surface area contributed by atoms with E-state index in [1.807, 2.05) is 0 Å². The number of carbonyl (C=O) groups excluding carboxylic acids is 1. The van der Waals surface area contributed by atoms with Gasteiger partial charge in [-0.25, -0.2) is 0 Å². The van der Waals surface area contributed by atoms with Crippen molar-refractivity contribution >= 4 is 5.91 Å². The van der Waals surface area contributed by atoms with Crippen LogP contribution in [-0.2, 0) is 4.79 Å². The van der Waals surface area contributed by atoms with Gasteiger partial charge in [0.15, 0.2) is 0 Å². The Hall–Kier alpha value is -0.530. The molecular weight excluding hydrogens is 138 g/mol. The largest absolute Gasteiger partial charge is 0.356 e. The monoisotopic (exact) mass is 155 g/mol. The molecule has 0 bridgehead atoms. The molecule has 0 aromatic rings. The van der Waals surface area contributed by atoms with Gasteiger partial charge in [0.25, 0.3) is 0 Å². The van der Waals surface area contributed by atoms with Crippen molar-refractivity contribution in [3.8, 4) is 0 Å². The second-order valence-electron chi connectivity index (χ2n) is 3.61. The summed E-state index contributed by atoms with van der Waals surface area (Å²) in [6.07, 6.45) is 3.97. The van der Waals surface area contributed by atoms with E-state index in [1.54, 1.807) is 6.92 Å². The van der Waals surface area contributed by atoms with Crippen LogP contribution in [0.5, 0.6) is 0 Å². The molecule has 0 aromatic carbocycles. The van der Waals surface area contributed by atoms with Crippen molar-refractivity contribution in [1.29, 1.82) is 0 Å². The second kappa shape index (κ2) is 3.74. The van der Waals surface area contributed by atoms with Crippen molar-refractivity contribution in [3.05, 3.63) is 0 Å². The van der Waals surface area contributed by atoms with E-state index in [0.29, 0.717) is 0 Å². The lowest BCUT2D eigenvalue weighted by molar-refractivity contribution is -0.119. The molecular formula is C9H17NO. The Balaban J connectivity index is 2.20. The minimum Gasteiger partial charge on any atom is -0.356 e. The Morgan fingerprint density at radius 3 is 2.73 bits per heavy atom. The fourth-order valence-corrected chi connectivity index (χ4v) is 1.80. The lowest BCUT2D eigenvalue weighted by Crippen LogP contribution is -2.27. The molecule has 0 heterocycles. The fraction of sp³-hybridized carbons (Fsp3) is 0.889. The molecule has 0 spiro atoms. The molecule has 0 unspecified atom stereocenters. The third-order valence-electron chi connectivity index (χ3n) is 2.65. The van der Waals surface area contributed by atoms with Gasteiger partial charge in [-0.2, -0.15) is 0 Å². The number of hydrogen-bond donors (Lipinski definition) is 1. The van der Waals surface area contributed by atoms with Crippen LogP contribution in [0.4, 0.5) is 0 Å². The van der Waals surface area contributed by atoms with E-state index < -0.39 is 0 Å². The average Bonchev–Trinajstić information content (AvgIpc) is 2.31. The molecule has 0 radical (unpaired) electrons. The zero-order valence-corrected chi connectivity index (χ0v) is 7.39. The lowest BCUT2D eigenvalue weighted by Gasteiger charge is -2.14. The van der Waals surface area contributed by atoms with Crippen LogP contribution < -0.4 is 5.32 Å². The van der Waals surface area contributed by atoms with Crippen LogP contribution >= 0.6 is 0 Å². The second-order valence-corrected chi connectivity index (χ2v) is 3.61. The van der Waals surface area contributed by atoms with Crippen molar-refractivity contribution in [1.82, 2.24) is 5.32 Å². The highest BCUT2D eigenvalue weighted by atomic mass is 16.1. The minimum atomic E-state index is 0.101. The third kappa shape index (κ3) is 2.52. The zero-order valence-electron chi connectivity index (χ0n) is 7.39. The van der Waals surface area contributed by atoms with Crippen LogP contribution in [0.3, 0.4) is 0 Å². The van der Waals surface area contributed by atoms with Gasteiger partial charge in [0.05, 0.1) is 0 Å². The summed E-state index contributed by atoms with van der Waals surface area (Å²) in [4.78, 5) is 10.6. The summed E-state index contributed by atoms with van der Waals surface area (Å²) in [7, 11) is 0. The summed E-state index contributed by atoms with van der Waals surface area (Å²) >= 11 is 0. The first kappa shape index (κ1) is 8.57. The van der Waals surface area contributed by atoms with Crippen LogP contribution in [0.15, 0.2) is 0 Å². The van der Waals surface area contributed by atoms with Gasteiger partial charge in [-0.1, -0.05) is 19.8 Å². The third-order valence-corrected chi connectivity index (χ3v) is 2.65. The predicted molar refractivity (Wildman–Crippen MR) is 45.2 cm³/mol. The highest BCUT2D eigenvalue weighted by molar-refractivity contribution is 5.72. The van der Waals surface area contributed by atoms with Crippen molar-refractivity contribution < 1.29 is 4.79 Å². The van der Waals surface area contributed by atoms with Gasteiger partial charge < -0.3 is 5.32 Å². The summed E-state index contributed by atoms with van der Waals surface area (Å²) in [6.45, 7) is 4.75. The van der Waals surface area contributed by atoms with Gasteiger partial charge in [0, 0.05) is 13.5 Å². The molecule has 1 aliphatic rings. The number of carbonyl (C=O) groups is 1. The summed E-state index contributed by atoms with van der Waals surface area (Å²) in [5.41, 5.74) is 0. The first-order valence-corrected chi connectivity index (χ1v) is 4.44. The summed E-state index contributed by atoms with van der Waals surface area (Å²) < 4.78 is 0. The van der Waals surface area contributed by atoms with Gasteiger partial charge in [-0.3, -0.25) is 4.79 Å². The minimum absolute atomic E-state index is 0.101. The van der Waals surface area contributed by atoms with Crippen LogP contribution in [0, 0.1) is 11.8 Å². The van der Waals surface area contributed by atoms with E-state index >= 15 is 0 Å². The van der Waals surface area contributed by atoms with Gasteiger partial charge in [-0.05, 0) is 18.3 Å². The summed E-state index contributed by atoms with van der Waals surface area (Å²) in [5, 5.41) is 2.88. The van der Waals surface area contributed by atoms with E-state index in [9.17, 15) is 4.79 Å². The van der Waals surface area contributed by atoms with Crippen molar-refractivity contribution in [2.75, 3.05) is 6.54 Å². The standard InChI is InChI=1S/C9H17NO/c1-7-4-3-5-9(7)6-10-8(2)11/h7,9H,3-6H2,1-2H3,(H,10,11)/t7-,9+/m1/s1. The maximum absolute atomic E-state index is 10.6. The average molecular weight is 155 g/mol. The Labute approximate surface area is 68.4 Å². The zero-order chi connectivity index (χ0) is 8.27. The van der Waals surface area contributed by atoms with Crippen molar-refractivity contribution in [3.63, 3.8) is 0 Å². The molecule has 1 amide bonds. The van der Waals surface area contributed by atoms with Gasteiger partial charge in [0.2, 0.25) is 5.91 Å². The Bertz CT molecular complexity index is 144. The maximum Gasteiger partial charge on any atom is 0.216 e. The molecule has 0 aromatic heterocycles. The number of amides is 1. The molecule has 2 atom stereocenters. The van der Waals surface area contributed by atoms with E-state index in [4.69, 9.17) is 0 Å². The first-order chi connectivity index (χ1) is 5.20. The molecule has 1 rings (SSSR count). The highest BCUT2D eigenvalue weighted by Gasteiger charge is 2.22. The Morgan fingerprint density at radius 2 is 2.27 bits per heavy atom. The van der Waals surface area contributed by atoms with Crippen molar-refractivity contribution in [2.45, 2.75) is 33.1 Å². The molecule has 1 N–H and O–H groups in total. The number of hydrogen-bond acceptors (Lipinski definition) is 1. The van der Waals surface area contributed by atoms with Crippen LogP contribution in [-0.4, -0.2) is 12.5 Å². The van der Waals surface area contributed by atoms with E-state index in [1.165, 1.54) is 19.3 Å². The summed E-state index contributed by atoms with van der Waals surface area (Å²) in [5.74, 6) is 1.64. The Morgan fingerprint density at radius 1 is 1.55 bits per heavy atom. The molecule has 1 saturated carbocycles. The van der Waals surface area contributed by atoms with E-state index in [2.05, 4.69) is 12.2 Å². The molecule has 1 fully saturated rings. The number of nitrogens with one attached hydrogen (secondary N) is 1. The smallest absolute Gasteiger partial charge is 0.216 e. The van der Waals surface area contributed by atoms with E-state index in [-0.39, 0.29) is 5.91 Å². The van der Waals surface area contributed by atoms with Gasteiger partial charge in [-0.15, -0.1) is 0 Å². The van der Waals surface area contributed by atoms with Crippen molar-refractivity contribution in [2.24, 2.45) is 11.8 Å². The highest BCUT2D eigenvalue weighted by Crippen LogP contribution is 2.30. The quantitative estimate of drug-likeness (QED) is 0.644. The fourth-order valence-electron chi connectivity index (χ4n) is 1.80. The van der Waals surface area contributed by atoms with Crippen LogP contribution in [0.25, 0.3) is 0 Å². The molecule has 0 saturated heterocycles. The van der Waals surface area contributed by atoms with Crippen LogP contribution in [0.1, 0.15) is 33.1 Å². The number of rotatable bonds is 2. The topological polar surface area (TPSA) is 29.1 Å². The molecule has 11 heavy (non-hydrogen) atoms. The molecule has 2 nitrogen and oxygen atoms in total. The Kier molecular flexibility index (Phi) is 2.92. The molecule has 0 aliphatic heterocycles. The lowest BCUT2D eigenvalue weighted by atomic mass is 9.98. The van der Waals surface area contributed by atoms with Crippen LogP contribution in [0.2, 0.25) is 0 Å². The SMILES string of the molecule is CC(=O)NC[C@@H]1CCC[C@H]1C. The summed E-state index contributed by atoms with van der Waals surface area (Å²) in [6, 6.07) is 0. The molecule has 64 valence electrons. The van der Waals surface area contributed by atoms with E-state index in [0.717, 1.165) is 18.4 Å². The molecule has 1 aliphatic carbocycles. The van der Waals surface area contributed by atoms with Gasteiger partial charge >= 0.3 is 0 Å². The first-order valence-electron chi connectivity index (χ1n) is 4.44. The normalized spacial score (nSPS) is 30.4.